The van der Waals surface area contributed by atoms with Crippen molar-refractivity contribution in [1.82, 2.24) is 25.2 Å². The molecule has 2 rings (SSSR count). The molecule has 0 saturated heterocycles. The average molecular weight is 324 g/mol. The quantitative estimate of drug-likeness (QED) is 0.788. The Morgan fingerprint density at radius 1 is 1.47 bits per heavy atom. The van der Waals surface area contributed by atoms with Gasteiger partial charge in [0.25, 0.3) is 0 Å². The number of halogens is 1. The van der Waals surface area contributed by atoms with Crippen molar-refractivity contribution < 1.29 is 4.74 Å². The summed E-state index contributed by atoms with van der Waals surface area (Å²) in [6, 6.07) is 1.90. The topological polar surface area (TPSA) is 65.7 Å². The first-order valence-corrected chi connectivity index (χ1v) is 6.51. The molecule has 100 valence electrons. The van der Waals surface area contributed by atoms with Crippen LogP contribution in [0.2, 0.25) is 0 Å². The number of methoxy groups -OCH3 is 1. The normalized spacial score (nSPS) is 11.8. The Bertz CT molecular complexity index is 581. The van der Waals surface area contributed by atoms with Crippen molar-refractivity contribution >= 4 is 15.9 Å². The highest BCUT2D eigenvalue weighted by molar-refractivity contribution is 9.10. The maximum absolute atomic E-state index is 5.03. The smallest absolute Gasteiger partial charge is 0.206 e. The maximum atomic E-state index is 5.03. The van der Waals surface area contributed by atoms with Gasteiger partial charge < -0.3 is 4.74 Å². The molecule has 0 aliphatic rings. The summed E-state index contributed by atoms with van der Waals surface area (Å²) in [4.78, 5) is 5.61. The summed E-state index contributed by atoms with van der Waals surface area (Å²) in [7, 11) is 1.67. The Kier molecular flexibility index (Phi) is 4.75. The van der Waals surface area contributed by atoms with Crippen molar-refractivity contribution in [2.75, 3.05) is 13.7 Å². The van der Waals surface area contributed by atoms with Crippen molar-refractivity contribution in [3.8, 4) is 11.4 Å². The van der Waals surface area contributed by atoms with E-state index in [9.17, 15) is 0 Å². The lowest BCUT2D eigenvalue weighted by molar-refractivity contribution is 0.225. The fourth-order valence-corrected chi connectivity index (χ4v) is 1.86. The van der Waals surface area contributed by atoms with Gasteiger partial charge in [-0.05, 0) is 39.7 Å². The van der Waals surface area contributed by atoms with Gasteiger partial charge in [0.2, 0.25) is 5.82 Å². The van der Waals surface area contributed by atoms with Gasteiger partial charge in [0.1, 0.15) is 0 Å². The van der Waals surface area contributed by atoms with Crippen molar-refractivity contribution in [3.05, 3.63) is 34.6 Å². The standard InChI is InChI=1S/C12H14BrN5O/c1-9(8-19-2)3-4-18-16-12(15-17-18)10-5-11(13)7-14-6-10/h3,5-7H,4,8H2,1-2H3/b9-3+. The Balaban J connectivity index is 2.09. The predicted molar refractivity (Wildman–Crippen MR) is 74.4 cm³/mol. The summed E-state index contributed by atoms with van der Waals surface area (Å²) in [5.74, 6) is 0.562. The second kappa shape index (κ2) is 6.53. The van der Waals surface area contributed by atoms with Gasteiger partial charge in [-0.15, -0.1) is 10.2 Å². The van der Waals surface area contributed by atoms with Crippen LogP contribution in [-0.4, -0.2) is 38.9 Å². The van der Waals surface area contributed by atoms with Gasteiger partial charge >= 0.3 is 0 Å². The number of allylic oxidation sites excluding steroid dienone is 1. The van der Waals surface area contributed by atoms with Crippen LogP contribution in [0.4, 0.5) is 0 Å². The van der Waals surface area contributed by atoms with Crippen LogP contribution in [0.25, 0.3) is 11.4 Å². The van der Waals surface area contributed by atoms with Gasteiger partial charge in [-0.25, -0.2) is 0 Å². The summed E-state index contributed by atoms with van der Waals surface area (Å²) < 4.78 is 5.92. The summed E-state index contributed by atoms with van der Waals surface area (Å²) in [6.07, 6.45) is 5.43. The lowest BCUT2D eigenvalue weighted by atomic mass is 10.3. The van der Waals surface area contributed by atoms with E-state index in [0.717, 1.165) is 15.6 Å². The third-order valence-electron chi connectivity index (χ3n) is 2.39. The van der Waals surface area contributed by atoms with Crippen LogP contribution in [0.1, 0.15) is 6.92 Å². The zero-order chi connectivity index (χ0) is 13.7. The zero-order valence-corrected chi connectivity index (χ0v) is 12.3. The first-order valence-electron chi connectivity index (χ1n) is 5.72. The van der Waals surface area contributed by atoms with E-state index in [0.29, 0.717) is 19.0 Å². The van der Waals surface area contributed by atoms with Gasteiger partial charge in [-0.3, -0.25) is 4.98 Å². The number of nitrogens with zero attached hydrogens (tertiary/aromatic N) is 5. The number of ether oxygens (including phenoxy) is 1. The predicted octanol–water partition coefficient (Wildman–Crippen LogP) is 2.09. The Morgan fingerprint density at radius 2 is 2.32 bits per heavy atom. The Morgan fingerprint density at radius 3 is 3.05 bits per heavy atom. The first kappa shape index (κ1) is 13.8. The molecule has 0 fully saturated rings. The largest absolute Gasteiger partial charge is 0.380 e. The molecule has 0 aromatic carbocycles. The fraction of sp³-hybridized carbons (Fsp3) is 0.333. The zero-order valence-electron chi connectivity index (χ0n) is 10.7. The van der Waals surface area contributed by atoms with Crippen LogP contribution in [0.15, 0.2) is 34.6 Å². The third kappa shape index (κ3) is 3.93. The molecule has 2 aromatic rings. The Labute approximate surface area is 119 Å². The molecule has 0 N–H and O–H groups in total. The maximum Gasteiger partial charge on any atom is 0.206 e. The van der Waals surface area contributed by atoms with E-state index < -0.39 is 0 Å². The molecule has 0 spiro atoms. The summed E-state index contributed by atoms with van der Waals surface area (Å²) in [5.41, 5.74) is 1.96. The van der Waals surface area contributed by atoms with E-state index in [1.54, 1.807) is 19.5 Å². The minimum atomic E-state index is 0.562. The lowest BCUT2D eigenvalue weighted by Gasteiger charge is -1.98. The molecular formula is C12H14BrN5O. The van der Waals surface area contributed by atoms with Crippen LogP contribution in [0.5, 0.6) is 0 Å². The molecule has 0 radical (unpaired) electrons. The van der Waals surface area contributed by atoms with Crippen LogP contribution >= 0.6 is 15.9 Å². The lowest BCUT2D eigenvalue weighted by Crippen LogP contribution is -2.02. The minimum absolute atomic E-state index is 0.562. The van der Waals surface area contributed by atoms with Crippen molar-refractivity contribution in [2.45, 2.75) is 13.5 Å². The second-order valence-corrected chi connectivity index (χ2v) is 4.96. The molecule has 2 heterocycles. The molecule has 2 aromatic heterocycles. The monoisotopic (exact) mass is 323 g/mol. The minimum Gasteiger partial charge on any atom is -0.380 e. The number of tetrazole rings is 1. The second-order valence-electron chi connectivity index (χ2n) is 4.04. The van der Waals surface area contributed by atoms with E-state index in [4.69, 9.17) is 4.74 Å². The molecular weight excluding hydrogens is 310 g/mol. The molecule has 0 atom stereocenters. The number of rotatable bonds is 5. The highest BCUT2D eigenvalue weighted by Gasteiger charge is 2.06. The van der Waals surface area contributed by atoms with E-state index in [-0.39, 0.29) is 0 Å². The molecule has 7 heteroatoms. The molecule has 0 unspecified atom stereocenters. The van der Waals surface area contributed by atoms with Gasteiger partial charge in [-0.1, -0.05) is 6.08 Å². The Hall–Kier alpha value is -1.60. The summed E-state index contributed by atoms with van der Waals surface area (Å²) in [6.45, 7) is 3.18. The number of hydrogen-bond acceptors (Lipinski definition) is 5. The van der Waals surface area contributed by atoms with E-state index in [1.807, 2.05) is 19.1 Å². The van der Waals surface area contributed by atoms with Crippen LogP contribution < -0.4 is 0 Å². The molecule has 0 amide bonds. The van der Waals surface area contributed by atoms with E-state index >= 15 is 0 Å². The van der Waals surface area contributed by atoms with Crippen LogP contribution in [0, 0.1) is 0 Å². The average Bonchev–Trinajstić information content (AvgIpc) is 2.85. The molecule has 6 nitrogen and oxygen atoms in total. The number of pyridine rings is 1. The van der Waals surface area contributed by atoms with E-state index in [2.05, 4.69) is 36.3 Å². The molecule has 0 bridgehead atoms. The highest BCUT2D eigenvalue weighted by atomic mass is 79.9. The molecule has 0 aliphatic heterocycles. The fourth-order valence-electron chi connectivity index (χ4n) is 1.49. The number of aromatic nitrogens is 5. The van der Waals surface area contributed by atoms with E-state index in [1.165, 1.54) is 4.80 Å². The van der Waals surface area contributed by atoms with Crippen LogP contribution in [0.3, 0.4) is 0 Å². The van der Waals surface area contributed by atoms with Crippen molar-refractivity contribution in [2.24, 2.45) is 0 Å². The molecule has 0 aliphatic carbocycles. The van der Waals surface area contributed by atoms with Crippen molar-refractivity contribution in [3.63, 3.8) is 0 Å². The SMILES string of the molecule is COC/C(C)=C/Cn1nnc(-c2cncc(Br)c2)n1. The molecule has 0 saturated carbocycles. The van der Waals surface area contributed by atoms with Gasteiger partial charge in [-0.2, -0.15) is 4.80 Å². The third-order valence-corrected chi connectivity index (χ3v) is 2.82. The summed E-state index contributed by atoms with van der Waals surface area (Å²) in [5, 5.41) is 12.3. The summed E-state index contributed by atoms with van der Waals surface area (Å²) >= 11 is 3.36. The van der Waals surface area contributed by atoms with Gasteiger partial charge in [0, 0.05) is 29.5 Å². The first-order chi connectivity index (χ1) is 9.19. The van der Waals surface area contributed by atoms with Gasteiger partial charge in [0.05, 0.1) is 13.2 Å². The van der Waals surface area contributed by atoms with Crippen LogP contribution in [-0.2, 0) is 11.3 Å². The molecule has 19 heavy (non-hydrogen) atoms. The van der Waals surface area contributed by atoms with Crippen molar-refractivity contribution in [1.29, 1.82) is 0 Å². The van der Waals surface area contributed by atoms with Gasteiger partial charge in [0.15, 0.2) is 0 Å². The number of hydrogen-bond donors (Lipinski definition) is 0. The highest BCUT2D eigenvalue weighted by Crippen LogP contribution is 2.17.